The molecule has 0 radical (unpaired) electrons. The Labute approximate surface area is 174 Å². The summed E-state index contributed by atoms with van der Waals surface area (Å²) in [5.74, 6) is 0.975. The number of halogens is 1. The van der Waals surface area contributed by atoms with Gasteiger partial charge in [-0.2, -0.15) is 5.10 Å². The average molecular weight is 461 g/mol. The monoisotopic (exact) mass is 460 g/mol. The molecule has 0 bridgehead atoms. The van der Waals surface area contributed by atoms with Crippen molar-refractivity contribution in [3.05, 3.63) is 68.9 Å². The molecule has 0 saturated heterocycles. The van der Waals surface area contributed by atoms with Gasteiger partial charge in [0, 0.05) is 12.1 Å². The molecule has 10 heteroatoms. The first-order valence-electron chi connectivity index (χ1n) is 8.45. The SMILES string of the molecule is COc1ccc(Oc2cc(NC(=O)Cn3ncc(Br)c3C)cc([N+](=O)[O-])c2)cc1. The van der Waals surface area contributed by atoms with Crippen molar-refractivity contribution in [2.24, 2.45) is 0 Å². The maximum absolute atomic E-state index is 12.4. The first-order valence-corrected chi connectivity index (χ1v) is 9.24. The quantitative estimate of drug-likeness (QED) is 0.415. The van der Waals surface area contributed by atoms with Crippen LogP contribution in [0.5, 0.6) is 17.2 Å². The molecular formula is C19H17BrN4O5. The van der Waals surface area contributed by atoms with Crippen LogP contribution in [0.1, 0.15) is 5.69 Å². The Morgan fingerprint density at radius 1 is 1.21 bits per heavy atom. The zero-order chi connectivity index (χ0) is 21.0. The minimum Gasteiger partial charge on any atom is -0.497 e. The minimum atomic E-state index is -0.550. The summed E-state index contributed by atoms with van der Waals surface area (Å²) in [7, 11) is 1.55. The molecule has 0 fully saturated rings. The number of nitro groups is 1. The third kappa shape index (κ3) is 5.11. The van der Waals surface area contributed by atoms with Crippen LogP contribution in [0.25, 0.3) is 0 Å². The molecule has 29 heavy (non-hydrogen) atoms. The third-order valence-corrected chi connectivity index (χ3v) is 4.80. The van der Waals surface area contributed by atoms with Gasteiger partial charge in [0.2, 0.25) is 5.91 Å². The van der Waals surface area contributed by atoms with Crippen LogP contribution in [0.3, 0.4) is 0 Å². The molecule has 1 amide bonds. The van der Waals surface area contributed by atoms with Gasteiger partial charge >= 0.3 is 0 Å². The molecule has 0 atom stereocenters. The molecule has 2 aromatic carbocycles. The van der Waals surface area contributed by atoms with Crippen molar-refractivity contribution in [1.82, 2.24) is 9.78 Å². The van der Waals surface area contributed by atoms with Gasteiger partial charge in [-0.1, -0.05) is 0 Å². The lowest BCUT2D eigenvalue weighted by molar-refractivity contribution is -0.384. The number of rotatable bonds is 7. The summed E-state index contributed by atoms with van der Waals surface area (Å²) < 4.78 is 13.1. The molecule has 0 aliphatic carbocycles. The number of methoxy groups -OCH3 is 1. The number of amides is 1. The van der Waals surface area contributed by atoms with Crippen molar-refractivity contribution in [1.29, 1.82) is 0 Å². The van der Waals surface area contributed by atoms with E-state index in [1.165, 1.54) is 22.9 Å². The summed E-state index contributed by atoms with van der Waals surface area (Å²) in [6.07, 6.45) is 1.59. The van der Waals surface area contributed by atoms with Gasteiger partial charge < -0.3 is 14.8 Å². The number of nitrogens with zero attached hydrogens (tertiary/aromatic N) is 3. The molecule has 9 nitrogen and oxygen atoms in total. The number of benzene rings is 2. The van der Waals surface area contributed by atoms with Crippen LogP contribution in [-0.4, -0.2) is 27.7 Å². The smallest absolute Gasteiger partial charge is 0.275 e. The van der Waals surface area contributed by atoms with Crippen LogP contribution in [0.15, 0.2) is 53.1 Å². The average Bonchev–Trinajstić information content (AvgIpc) is 3.00. The fourth-order valence-corrected chi connectivity index (χ4v) is 2.82. The van der Waals surface area contributed by atoms with Gasteiger partial charge in [0.05, 0.1) is 40.2 Å². The maximum Gasteiger partial charge on any atom is 0.275 e. The fraction of sp³-hybridized carbons (Fsp3) is 0.158. The predicted octanol–water partition coefficient (Wildman–Crippen LogP) is 4.30. The second kappa shape index (κ2) is 8.74. The second-order valence-corrected chi connectivity index (χ2v) is 6.89. The van der Waals surface area contributed by atoms with E-state index in [2.05, 4.69) is 26.3 Å². The molecule has 0 spiro atoms. The number of carbonyl (C=O) groups is 1. The van der Waals surface area contributed by atoms with Crippen molar-refractivity contribution in [3.63, 3.8) is 0 Å². The summed E-state index contributed by atoms with van der Waals surface area (Å²) in [6, 6.07) is 10.8. The second-order valence-electron chi connectivity index (χ2n) is 6.03. The lowest BCUT2D eigenvalue weighted by atomic mass is 10.2. The Balaban J connectivity index is 1.79. The Hall–Kier alpha value is -3.40. The molecule has 0 unspecified atom stereocenters. The minimum absolute atomic E-state index is 0.0329. The van der Waals surface area contributed by atoms with Crippen LogP contribution in [0, 0.1) is 17.0 Å². The standard InChI is InChI=1S/C19H17BrN4O5/c1-12-18(20)10-21-23(12)11-19(25)22-13-7-14(24(26)27)9-17(8-13)29-16-5-3-15(28-2)4-6-16/h3-10H,11H2,1-2H3,(H,22,25). The molecule has 1 N–H and O–H groups in total. The van der Waals surface area contributed by atoms with Gasteiger partial charge in [-0.3, -0.25) is 19.6 Å². The summed E-state index contributed by atoms with van der Waals surface area (Å²) in [6.45, 7) is 1.79. The Bertz CT molecular complexity index is 1050. The highest BCUT2D eigenvalue weighted by Gasteiger charge is 2.14. The van der Waals surface area contributed by atoms with E-state index in [9.17, 15) is 14.9 Å². The van der Waals surface area contributed by atoms with E-state index in [4.69, 9.17) is 9.47 Å². The summed E-state index contributed by atoms with van der Waals surface area (Å²) >= 11 is 3.33. The first-order chi connectivity index (χ1) is 13.9. The van der Waals surface area contributed by atoms with E-state index in [1.807, 2.05) is 6.92 Å². The van der Waals surface area contributed by atoms with Crippen molar-refractivity contribution >= 4 is 33.2 Å². The molecular weight excluding hydrogens is 444 g/mol. The number of carbonyl (C=O) groups excluding carboxylic acids is 1. The molecule has 1 heterocycles. The summed E-state index contributed by atoms with van der Waals surface area (Å²) in [5.41, 5.74) is 0.837. The highest BCUT2D eigenvalue weighted by molar-refractivity contribution is 9.10. The fourth-order valence-electron chi connectivity index (χ4n) is 2.52. The Morgan fingerprint density at radius 2 is 1.90 bits per heavy atom. The van der Waals surface area contributed by atoms with Gasteiger partial charge in [-0.25, -0.2) is 0 Å². The zero-order valence-corrected chi connectivity index (χ0v) is 17.2. The topological polar surface area (TPSA) is 109 Å². The van der Waals surface area contributed by atoms with Gasteiger partial charge in [0.15, 0.2) is 0 Å². The molecule has 1 aromatic heterocycles. The number of hydrogen-bond donors (Lipinski definition) is 1. The van der Waals surface area contributed by atoms with Crippen molar-refractivity contribution in [3.8, 4) is 17.2 Å². The number of anilines is 1. The van der Waals surface area contributed by atoms with Crippen LogP contribution >= 0.6 is 15.9 Å². The number of aromatic nitrogens is 2. The van der Waals surface area contributed by atoms with Crippen LogP contribution < -0.4 is 14.8 Å². The number of non-ortho nitro benzene ring substituents is 1. The lowest BCUT2D eigenvalue weighted by Crippen LogP contribution is -2.20. The molecule has 0 aliphatic rings. The lowest BCUT2D eigenvalue weighted by Gasteiger charge is -2.10. The Kier molecular flexibility index (Phi) is 6.13. The normalized spacial score (nSPS) is 10.4. The number of ether oxygens (including phenoxy) is 2. The number of hydrogen-bond acceptors (Lipinski definition) is 6. The summed E-state index contributed by atoms with van der Waals surface area (Å²) in [4.78, 5) is 23.1. The highest BCUT2D eigenvalue weighted by atomic mass is 79.9. The van der Waals surface area contributed by atoms with Crippen LogP contribution in [0.2, 0.25) is 0 Å². The van der Waals surface area contributed by atoms with E-state index in [0.29, 0.717) is 11.5 Å². The van der Waals surface area contributed by atoms with Crippen LogP contribution in [0.4, 0.5) is 11.4 Å². The van der Waals surface area contributed by atoms with Crippen LogP contribution in [-0.2, 0) is 11.3 Å². The zero-order valence-electron chi connectivity index (χ0n) is 15.6. The van der Waals surface area contributed by atoms with E-state index >= 15 is 0 Å². The van der Waals surface area contributed by atoms with E-state index in [1.54, 1.807) is 37.6 Å². The van der Waals surface area contributed by atoms with E-state index < -0.39 is 4.92 Å². The van der Waals surface area contributed by atoms with E-state index in [0.717, 1.165) is 10.2 Å². The third-order valence-electron chi connectivity index (χ3n) is 4.02. The number of nitrogens with one attached hydrogen (secondary N) is 1. The maximum atomic E-state index is 12.4. The predicted molar refractivity (Wildman–Crippen MR) is 109 cm³/mol. The first kappa shape index (κ1) is 20.3. The molecule has 0 saturated carbocycles. The summed E-state index contributed by atoms with van der Waals surface area (Å²) in [5, 5.41) is 18.0. The molecule has 3 rings (SSSR count). The molecule has 0 aliphatic heterocycles. The van der Waals surface area contributed by atoms with Crippen molar-refractivity contribution in [2.45, 2.75) is 13.5 Å². The van der Waals surface area contributed by atoms with Gasteiger partial charge in [-0.15, -0.1) is 0 Å². The van der Waals surface area contributed by atoms with Crippen molar-refractivity contribution < 1.29 is 19.2 Å². The molecule has 150 valence electrons. The van der Waals surface area contributed by atoms with E-state index in [-0.39, 0.29) is 29.6 Å². The number of nitro benzene ring substituents is 1. The Morgan fingerprint density at radius 3 is 2.48 bits per heavy atom. The van der Waals surface area contributed by atoms with Crippen molar-refractivity contribution in [2.75, 3.05) is 12.4 Å². The van der Waals surface area contributed by atoms with Gasteiger partial charge in [0.1, 0.15) is 23.8 Å². The molecule has 3 aromatic rings. The van der Waals surface area contributed by atoms with Gasteiger partial charge in [-0.05, 0) is 47.1 Å². The largest absolute Gasteiger partial charge is 0.497 e. The highest BCUT2D eigenvalue weighted by Crippen LogP contribution is 2.30. The van der Waals surface area contributed by atoms with Gasteiger partial charge in [0.25, 0.3) is 5.69 Å².